The van der Waals surface area contributed by atoms with Crippen molar-refractivity contribution in [2.45, 2.75) is 32.8 Å². The summed E-state index contributed by atoms with van der Waals surface area (Å²) in [7, 11) is 0. The zero-order chi connectivity index (χ0) is 20.4. The Labute approximate surface area is 184 Å². The fourth-order valence-corrected chi connectivity index (χ4v) is 2.44. The van der Waals surface area contributed by atoms with Crippen molar-refractivity contribution in [3.8, 4) is 0 Å². The quantitative estimate of drug-likeness (QED) is 0.226. The Hall–Kier alpha value is -1.88. The number of rotatable bonds is 8. The van der Waals surface area contributed by atoms with Gasteiger partial charge in [-0.3, -0.25) is 0 Å². The van der Waals surface area contributed by atoms with Crippen LogP contribution in [0.2, 0.25) is 0 Å². The number of ether oxygens (including phenoxy) is 1. The summed E-state index contributed by atoms with van der Waals surface area (Å²) in [5.74, 6) is 0.224. The number of alkyl halides is 3. The number of nitrogens with zero attached hydrogens (tertiary/aromatic N) is 1. The molecule has 9 heteroatoms. The van der Waals surface area contributed by atoms with Crippen molar-refractivity contribution < 1.29 is 22.3 Å². The van der Waals surface area contributed by atoms with E-state index in [0.29, 0.717) is 30.2 Å². The molecular formula is C20H24F4IN3O. The fraction of sp³-hybridized carbons (Fsp3) is 0.350. The topological polar surface area (TPSA) is 45.7 Å². The normalized spacial score (nSPS) is 11.7. The third kappa shape index (κ3) is 9.93. The van der Waals surface area contributed by atoms with Crippen molar-refractivity contribution in [1.82, 2.24) is 10.6 Å². The maximum atomic E-state index is 13.7. The molecule has 0 heterocycles. The highest BCUT2D eigenvalue weighted by molar-refractivity contribution is 14.0. The molecule has 0 aliphatic carbocycles. The fourth-order valence-electron chi connectivity index (χ4n) is 2.44. The van der Waals surface area contributed by atoms with E-state index in [1.807, 2.05) is 13.0 Å². The summed E-state index contributed by atoms with van der Waals surface area (Å²) in [5.41, 5.74) is 1.99. The van der Waals surface area contributed by atoms with Crippen molar-refractivity contribution in [2.24, 2.45) is 4.99 Å². The Kier molecular flexibility index (Phi) is 11.0. The molecule has 160 valence electrons. The Morgan fingerprint density at radius 2 is 1.76 bits per heavy atom. The van der Waals surface area contributed by atoms with Gasteiger partial charge in [-0.25, -0.2) is 9.38 Å². The monoisotopic (exact) mass is 525 g/mol. The van der Waals surface area contributed by atoms with E-state index in [1.54, 1.807) is 36.4 Å². The second-order valence-electron chi connectivity index (χ2n) is 6.07. The molecule has 0 aliphatic heterocycles. The lowest BCUT2D eigenvalue weighted by Gasteiger charge is -2.12. The molecule has 0 spiro atoms. The van der Waals surface area contributed by atoms with Crippen LogP contribution in [0.4, 0.5) is 17.6 Å². The van der Waals surface area contributed by atoms with Gasteiger partial charge in [-0.05, 0) is 24.1 Å². The van der Waals surface area contributed by atoms with Gasteiger partial charge in [0.1, 0.15) is 12.4 Å². The maximum absolute atomic E-state index is 13.7. The molecular weight excluding hydrogens is 501 g/mol. The lowest BCUT2D eigenvalue weighted by Crippen LogP contribution is -2.37. The first-order valence-corrected chi connectivity index (χ1v) is 8.85. The minimum Gasteiger partial charge on any atom is -0.367 e. The highest BCUT2D eigenvalue weighted by atomic mass is 127. The second kappa shape index (κ2) is 12.6. The minimum atomic E-state index is -4.34. The van der Waals surface area contributed by atoms with E-state index in [4.69, 9.17) is 0 Å². The van der Waals surface area contributed by atoms with Crippen molar-refractivity contribution in [3.63, 3.8) is 0 Å². The molecule has 2 rings (SSSR count). The standard InChI is InChI=1S/C20H23F4N3O.HI/c1-2-25-19(27-12-17-8-3-4-9-18(17)21)26-11-15-6-5-7-16(10-15)13-28-14-20(22,23)24;/h3-10H,2,11-14H2,1H3,(H2,25,26,27);1H. The third-order valence-electron chi connectivity index (χ3n) is 3.69. The van der Waals surface area contributed by atoms with Gasteiger partial charge in [-0.15, -0.1) is 24.0 Å². The first-order valence-electron chi connectivity index (χ1n) is 8.85. The third-order valence-corrected chi connectivity index (χ3v) is 3.69. The van der Waals surface area contributed by atoms with Crippen LogP contribution >= 0.6 is 24.0 Å². The predicted octanol–water partition coefficient (Wildman–Crippen LogP) is 4.78. The summed E-state index contributed by atoms with van der Waals surface area (Å²) in [6.07, 6.45) is -4.34. The van der Waals surface area contributed by atoms with E-state index in [-0.39, 0.29) is 42.9 Å². The Morgan fingerprint density at radius 1 is 1.03 bits per heavy atom. The van der Waals surface area contributed by atoms with Crippen molar-refractivity contribution >= 4 is 29.9 Å². The lowest BCUT2D eigenvalue weighted by molar-refractivity contribution is -0.176. The first-order chi connectivity index (χ1) is 13.4. The molecule has 0 aliphatic rings. The molecule has 0 saturated carbocycles. The predicted molar refractivity (Wildman–Crippen MR) is 116 cm³/mol. The van der Waals surface area contributed by atoms with Crippen LogP contribution in [-0.2, 0) is 24.4 Å². The Bertz CT molecular complexity index is 784. The van der Waals surface area contributed by atoms with Gasteiger partial charge < -0.3 is 15.4 Å². The van der Waals surface area contributed by atoms with Crippen LogP contribution in [0.3, 0.4) is 0 Å². The van der Waals surface area contributed by atoms with Gasteiger partial charge in [-0.2, -0.15) is 13.2 Å². The van der Waals surface area contributed by atoms with Crippen LogP contribution in [0, 0.1) is 5.82 Å². The highest BCUT2D eigenvalue weighted by Gasteiger charge is 2.27. The molecule has 2 aromatic carbocycles. The molecule has 0 bridgehead atoms. The summed E-state index contributed by atoms with van der Waals surface area (Å²) in [6, 6.07) is 13.5. The lowest BCUT2D eigenvalue weighted by atomic mass is 10.1. The molecule has 29 heavy (non-hydrogen) atoms. The first kappa shape index (κ1) is 25.2. The number of hydrogen-bond acceptors (Lipinski definition) is 2. The van der Waals surface area contributed by atoms with Gasteiger partial charge in [0.25, 0.3) is 0 Å². The van der Waals surface area contributed by atoms with E-state index in [0.717, 1.165) is 5.56 Å². The highest BCUT2D eigenvalue weighted by Crippen LogP contribution is 2.16. The van der Waals surface area contributed by atoms with Gasteiger partial charge in [-0.1, -0.05) is 42.5 Å². The van der Waals surface area contributed by atoms with Crippen molar-refractivity contribution in [1.29, 1.82) is 0 Å². The number of hydrogen-bond donors (Lipinski definition) is 2. The molecule has 0 saturated heterocycles. The van der Waals surface area contributed by atoms with Gasteiger partial charge in [0.2, 0.25) is 0 Å². The van der Waals surface area contributed by atoms with E-state index in [9.17, 15) is 17.6 Å². The van der Waals surface area contributed by atoms with Crippen LogP contribution in [0.5, 0.6) is 0 Å². The van der Waals surface area contributed by atoms with E-state index < -0.39 is 12.8 Å². The molecule has 0 aromatic heterocycles. The van der Waals surface area contributed by atoms with Gasteiger partial charge in [0.15, 0.2) is 5.96 Å². The number of nitrogens with one attached hydrogen (secondary N) is 2. The molecule has 0 atom stereocenters. The second-order valence-corrected chi connectivity index (χ2v) is 6.07. The smallest absolute Gasteiger partial charge is 0.367 e. The molecule has 2 aromatic rings. The van der Waals surface area contributed by atoms with Crippen LogP contribution < -0.4 is 10.6 Å². The van der Waals surface area contributed by atoms with E-state index >= 15 is 0 Å². The van der Waals surface area contributed by atoms with Crippen LogP contribution in [0.1, 0.15) is 23.6 Å². The average molecular weight is 525 g/mol. The minimum absolute atomic E-state index is 0. The zero-order valence-electron chi connectivity index (χ0n) is 15.9. The summed E-state index contributed by atoms with van der Waals surface area (Å²) in [5, 5.41) is 6.14. The maximum Gasteiger partial charge on any atom is 0.411 e. The molecule has 0 unspecified atom stereocenters. The summed E-state index contributed by atoms with van der Waals surface area (Å²) in [6.45, 7) is 1.75. The van der Waals surface area contributed by atoms with Gasteiger partial charge >= 0.3 is 6.18 Å². The van der Waals surface area contributed by atoms with Crippen molar-refractivity contribution in [3.05, 3.63) is 71.0 Å². The average Bonchev–Trinajstić information content (AvgIpc) is 2.64. The largest absolute Gasteiger partial charge is 0.411 e. The molecule has 0 fully saturated rings. The number of halogens is 5. The summed E-state index contributed by atoms with van der Waals surface area (Å²) in [4.78, 5) is 4.44. The number of aliphatic imine (C=N–C) groups is 1. The van der Waals surface area contributed by atoms with Gasteiger partial charge in [0.05, 0.1) is 13.2 Å². The van der Waals surface area contributed by atoms with Crippen LogP contribution in [0.15, 0.2) is 53.5 Å². The Balaban J connectivity index is 0.00000420. The van der Waals surface area contributed by atoms with Crippen molar-refractivity contribution in [2.75, 3.05) is 13.2 Å². The Morgan fingerprint density at radius 3 is 2.45 bits per heavy atom. The molecule has 0 amide bonds. The van der Waals surface area contributed by atoms with E-state index in [1.165, 1.54) is 6.07 Å². The molecule has 4 nitrogen and oxygen atoms in total. The summed E-state index contributed by atoms with van der Waals surface area (Å²) < 4.78 is 54.9. The summed E-state index contributed by atoms with van der Waals surface area (Å²) >= 11 is 0. The van der Waals surface area contributed by atoms with Gasteiger partial charge in [0, 0.05) is 18.7 Å². The van der Waals surface area contributed by atoms with Crippen LogP contribution in [0.25, 0.3) is 0 Å². The van der Waals surface area contributed by atoms with Crippen LogP contribution in [-0.4, -0.2) is 25.3 Å². The number of guanidine groups is 1. The zero-order valence-corrected chi connectivity index (χ0v) is 18.3. The molecule has 0 radical (unpaired) electrons. The SMILES string of the molecule is CCNC(=NCc1cccc(COCC(F)(F)F)c1)NCc1ccccc1F.I. The number of benzene rings is 2. The molecule has 2 N–H and O–H groups in total. The van der Waals surface area contributed by atoms with E-state index in [2.05, 4.69) is 20.4 Å².